The average Bonchev–Trinajstić information content (AvgIpc) is 2.78. The van der Waals surface area contributed by atoms with Gasteiger partial charge in [0.05, 0.1) is 10.5 Å². The van der Waals surface area contributed by atoms with E-state index < -0.39 is 21.3 Å². The first-order chi connectivity index (χ1) is 15.7. The van der Waals surface area contributed by atoms with Crippen LogP contribution in [0.25, 0.3) is 0 Å². The number of benzene rings is 1. The van der Waals surface area contributed by atoms with Crippen LogP contribution in [0.1, 0.15) is 35.3 Å². The quantitative estimate of drug-likeness (QED) is 0.522. The Kier molecular flexibility index (Phi) is 6.20. The third kappa shape index (κ3) is 4.61. The third-order valence-corrected chi connectivity index (χ3v) is 7.33. The molecule has 1 saturated heterocycles. The van der Waals surface area contributed by atoms with Crippen LogP contribution in [0.3, 0.4) is 0 Å². The Morgan fingerprint density at radius 1 is 1.00 bits per heavy atom. The van der Waals surface area contributed by atoms with Gasteiger partial charge < -0.3 is 14.9 Å². The topological polar surface area (TPSA) is 120 Å². The highest BCUT2D eigenvalue weighted by molar-refractivity contribution is 7.90. The zero-order chi connectivity index (χ0) is 23.6. The molecular weight excluding hydrogens is 444 g/mol. The SMILES string of the molecule is CS(=O)(=O)c1ccccc1C(=O)N1CCN(C(=NC2(C(=O)O)CCC2)c2ccccn2)CC1. The van der Waals surface area contributed by atoms with Gasteiger partial charge in [0.2, 0.25) is 0 Å². The molecule has 1 aromatic heterocycles. The molecule has 10 heteroatoms. The van der Waals surface area contributed by atoms with E-state index in [-0.39, 0.29) is 16.4 Å². The summed E-state index contributed by atoms with van der Waals surface area (Å²) in [7, 11) is -3.54. The molecule has 0 atom stereocenters. The molecule has 33 heavy (non-hydrogen) atoms. The molecular formula is C23H26N4O5S. The summed E-state index contributed by atoms with van der Waals surface area (Å²) in [5.74, 6) is -0.761. The number of piperazine rings is 1. The summed E-state index contributed by atoms with van der Waals surface area (Å²) in [6, 6.07) is 11.6. The van der Waals surface area contributed by atoms with Gasteiger partial charge in [-0.15, -0.1) is 0 Å². The van der Waals surface area contributed by atoms with E-state index in [9.17, 15) is 23.1 Å². The van der Waals surface area contributed by atoms with Crippen molar-refractivity contribution < 1.29 is 23.1 Å². The summed E-state index contributed by atoms with van der Waals surface area (Å²) < 4.78 is 24.2. The normalized spacial score (nSPS) is 18.5. The summed E-state index contributed by atoms with van der Waals surface area (Å²) >= 11 is 0. The first-order valence-corrected chi connectivity index (χ1v) is 12.7. The van der Waals surface area contributed by atoms with Crippen molar-refractivity contribution in [2.24, 2.45) is 4.99 Å². The van der Waals surface area contributed by atoms with Crippen LogP contribution >= 0.6 is 0 Å². The molecule has 1 saturated carbocycles. The number of amidine groups is 1. The lowest BCUT2D eigenvalue weighted by Crippen LogP contribution is -2.53. The Morgan fingerprint density at radius 3 is 2.18 bits per heavy atom. The van der Waals surface area contributed by atoms with Gasteiger partial charge >= 0.3 is 5.97 Å². The zero-order valence-corrected chi connectivity index (χ0v) is 19.2. The van der Waals surface area contributed by atoms with Crippen LogP contribution in [0.5, 0.6) is 0 Å². The first kappa shape index (κ1) is 22.9. The summed E-state index contributed by atoms with van der Waals surface area (Å²) in [5, 5.41) is 9.76. The number of hydrogen-bond acceptors (Lipinski definition) is 6. The maximum Gasteiger partial charge on any atom is 0.331 e. The van der Waals surface area contributed by atoms with Crippen LogP contribution in [-0.4, -0.2) is 84.0 Å². The van der Waals surface area contributed by atoms with Crippen molar-refractivity contribution in [2.75, 3.05) is 32.4 Å². The number of nitrogens with zero attached hydrogens (tertiary/aromatic N) is 4. The Balaban J connectivity index is 1.57. The molecule has 1 aliphatic heterocycles. The highest BCUT2D eigenvalue weighted by Crippen LogP contribution is 2.37. The number of rotatable bonds is 5. The molecule has 1 aromatic carbocycles. The van der Waals surface area contributed by atoms with E-state index in [1.807, 2.05) is 11.0 Å². The van der Waals surface area contributed by atoms with Crippen LogP contribution < -0.4 is 0 Å². The van der Waals surface area contributed by atoms with Gasteiger partial charge in [0, 0.05) is 38.6 Å². The summed E-state index contributed by atoms with van der Waals surface area (Å²) in [6.07, 6.45) is 4.51. The molecule has 2 heterocycles. The summed E-state index contributed by atoms with van der Waals surface area (Å²) in [5.41, 5.74) is -0.382. The smallest absolute Gasteiger partial charge is 0.331 e. The van der Waals surface area contributed by atoms with Crippen LogP contribution in [0.4, 0.5) is 0 Å². The second-order valence-corrected chi connectivity index (χ2v) is 10.4. The molecule has 2 aliphatic rings. The van der Waals surface area contributed by atoms with Crippen molar-refractivity contribution in [3.05, 3.63) is 59.9 Å². The molecule has 1 aliphatic carbocycles. The molecule has 1 N–H and O–H groups in total. The maximum absolute atomic E-state index is 13.1. The van der Waals surface area contributed by atoms with Gasteiger partial charge in [0.15, 0.2) is 21.2 Å². The predicted molar refractivity (Wildman–Crippen MR) is 122 cm³/mol. The number of carboxylic acid groups (broad SMARTS) is 1. The van der Waals surface area contributed by atoms with E-state index in [0.717, 1.165) is 12.7 Å². The van der Waals surface area contributed by atoms with Crippen LogP contribution in [0.2, 0.25) is 0 Å². The number of aliphatic imine (C=N–C) groups is 1. The van der Waals surface area contributed by atoms with Crippen molar-refractivity contribution in [2.45, 2.75) is 29.7 Å². The van der Waals surface area contributed by atoms with E-state index in [0.29, 0.717) is 50.6 Å². The van der Waals surface area contributed by atoms with Crippen molar-refractivity contribution in [1.29, 1.82) is 0 Å². The lowest BCUT2D eigenvalue weighted by molar-refractivity contribution is -0.146. The monoisotopic (exact) mass is 470 g/mol. The number of hydrogen-bond donors (Lipinski definition) is 1. The van der Waals surface area contributed by atoms with Crippen molar-refractivity contribution in [3.63, 3.8) is 0 Å². The molecule has 9 nitrogen and oxygen atoms in total. The molecule has 174 valence electrons. The van der Waals surface area contributed by atoms with Gasteiger partial charge in [-0.1, -0.05) is 18.2 Å². The summed E-state index contributed by atoms with van der Waals surface area (Å²) in [4.78, 5) is 37.7. The fourth-order valence-electron chi connectivity index (χ4n) is 4.13. The fraction of sp³-hybridized carbons (Fsp3) is 0.391. The number of carbonyl (C=O) groups is 2. The molecule has 4 rings (SSSR count). The predicted octanol–water partition coefficient (Wildman–Crippen LogP) is 1.70. The Hall–Kier alpha value is -3.27. The van der Waals surface area contributed by atoms with Crippen LogP contribution in [-0.2, 0) is 14.6 Å². The highest BCUT2D eigenvalue weighted by Gasteiger charge is 2.45. The number of sulfone groups is 1. The number of amides is 1. The molecule has 0 bridgehead atoms. The second-order valence-electron chi connectivity index (χ2n) is 8.39. The van der Waals surface area contributed by atoms with Gasteiger partial charge in [-0.3, -0.25) is 9.78 Å². The van der Waals surface area contributed by atoms with E-state index >= 15 is 0 Å². The van der Waals surface area contributed by atoms with E-state index in [1.54, 1.807) is 35.4 Å². The largest absolute Gasteiger partial charge is 0.479 e. The van der Waals surface area contributed by atoms with Crippen molar-refractivity contribution in [1.82, 2.24) is 14.8 Å². The van der Waals surface area contributed by atoms with Crippen LogP contribution in [0.15, 0.2) is 58.5 Å². The Morgan fingerprint density at radius 2 is 1.64 bits per heavy atom. The zero-order valence-electron chi connectivity index (χ0n) is 18.3. The number of carbonyl (C=O) groups excluding carboxylic acids is 1. The second kappa shape index (κ2) is 8.93. The van der Waals surface area contributed by atoms with Gasteiger partial charge in [0.25, 0.3) is 5.91 Å². The number of aromatic nitrogens is 1. The maximum atomic E-state index is 13.1. The lowest BCUT2D eigenvalue weighted by Gasteiger charge is -2.39. The van der Waals surface area contributed by atoms with E-state index in [1.165, 1.54) is 12.1 Å². The third-order valence-electron chi connectivity index (χ3n) is 6.18. The minimum atomic E-state index is -3.54. The molecule has 0 unspecified atom stereocenters. The molecule has 2 fully saturated rings. The average molecular weight is 471 g/mol. The molecule has 2 aromatic rings. The van der Waals surface area contributed by atoms with Gasteiger partial charge in [0.1, 0.15) is 5.69 Å². The van der Waals surface area contributed by atoms with E-state index in [4.69, 9.17) is 0 Å². The highest BCUT2D eigenvalue weighted by atomic mass is 32.2. The fourth-order valence-corrected chi connectivity index (χ4v) is 5.01. The number of aliphatic carboxylic acids is 1. The lowest BCUT2D eigenvalue weighted by atomic mass is 9.77. The molecule has 1 amide bonds. The molecule has 0 radical (unpaired) electrons. The Labute approximate surface area is 192 Å². The van der Waals surface area contributed by atoms with Crippen molar-refractivity contribution in [3.8, 4) is 0 Å². The van der Waals surface area contributed by atoms with Gasteiger partial charge in [-0.05, 0) is 43.5 Å². The van der Waals surface area contributed by atoms with E-state index in [2.05, 4.69) is 9.98 Å². The van der Waals surface area contributed by atoms with Crippen molar-refractivity contribution >= 4 is 27.5 Å². The van der Waals surface area contributed by atoms with Gasteiger partial charge in [-0.2, -0.15) is 0 Å². The molecule has 0 spiro atoms. The minimum absolute atomic E-state index is 0.0153. The minimum Gasteiger partial charge on any atom is -0.479 e. The Bertz CT molecular complexity index is 1180. The number of carboxylic acids is 1. The number of pyridine rings is 1. The standard InChI is InChI=1S/C23H26N4O5S/c1-33(31,32)19-9-3-2-7-17(19)21(28)27-15-13-26(14-16-27)20(18-8-4-5-12-24-18)25-23(22(29)30)10-6-11-23/h2-5,7-9,12H,6,10-11,13-16H2,1H3,(H,29,30). The van der Waals surface area contributed by atoms with Gasteiger partial charge in [-0.25, -0.2) is 18.2 Å². The first-order valence-electron chi connectivity index (χ1n) is 10.8. The van der Waals surface area contributed by atoms with Crippen LogP contribution in [0, 0.1) is 0 Å². The summed E-state index contributed by atoms with van der Waals surface area (Å²) in [6.45, 7) is 1.56.